The molecule has 0 aliphatic heterocycles. The summed E-state index contributed by atoms with van der Waals surface area (Å²) < 4.78 is 7.51. The minimum atomic E-state index is 0.635. The van der Waals surface area contributed by atoms with E-state index >= 15 is 0 Å². The van der Waals surface area contributed by atoms with Gasteiger partial charge in [-0.05, 0) is 55.0 Å². The zero-order valence-corrected chi connectivity index (χ0v) is 17.0. The van der Waals surface area contributed by atoms with Crippen LogP contribution in [0.25, 0.3) is 28.1 Å². The van der Waals surface area contributed by atoms with Gasteiger partial charge in [0.1, 0.15) is 5.75 Å². The number of ether oxygens (including phenoxy) is 1. The Balaban J connectivity index is 2.02. The first-order chi connectivity index (χ1) is 13.6. The zero-order valence-electron chi connectivity index (χ0n) is 15.5. The van der Waals surface area contributed by atoms with Crippen molar-refractivity contribution >= 4 is 23.2 Å². The van der Waals surface area contributed by atoms with Crippen LogP contribution in [0, 0.1) is 6.92 Å². The molecule has 3 aromatic carbocycles. The Hall–Kier alpha value is -2.75. The molecule has 5 heteroatoms. The van der Waals surface area contributed by atoms with E-state index in [9.17, 15) is 0 Å². The van der Waals surface area contributed by atoms with Crippen LogP contribution in [-0.4, -0.2) is 16.9 Å². The molecule has 4 aromatic rings. The average molecular weight is 409 g/mol. The summed E-state index contributed by atoms with van der Waals surface area (Å²) >= 11 is 12.6. The second-order valence-corrected chi connectivity index (χ2v) is 7.39. The molecule has 0 fully saturated rings. The molecule has 0 saturated carbocycles. The summed E-state index contributed by atoms with van der Waals surface area (Å²) in [5.74, 6) is 0.733. The van der Waals surface area contributed by atoms with Crippen LogP contribution in [-0.2, 0) is 0 Å². The molecule has 1 aromatic heterocycles. The molecule has 0 aliphatic carbocycles. The van der Waals surface area contributed by atoms with E-state index in [1.54, 1.807) is 7.11 Å². The van der Waals surface area contributed by atoms with Crippen LogP contribution in [0.1, 0.15) is 5.56 Å². The van der Waals surface area contributed by atoms with Crippen LogP contribution in [0.4, 0.5) is 0 Å². The number of nitrogens with zero attached hydrogens (tertiary/aromatic N) is 2. The summed E-state index contributed by atoms with van der Waals surface area (Å²) in [5.41, 5.74) is 5.82. The Morgan fingerprint density at radius 1 is 0.857 bits per heavy atom. The zero-order chi connectivity index (χ0) is 19.7. The van der Waals surface area contributed by atoms with Gasteiger partial charge in [0, 0.05) is 26.7 Å². The largest absolute Gasteiger partial charge is 0.496 e. The third-order valence-electron chi connectivity index (χ3n) is 4.57. The second-order valence-electron chi connectivity index (χ2n) is 6.51. The van der Waals surface area contributed by atoms with E-state index in [0.717, 1.165) is 39.4 Å². The summed E-state index contributed by atoms with van der Waals surface area (Å²) in [7, 11) is 1.65. The first-order valence-corrected chi connectivity index (χ1v) is 9.57. The Morgan fingerprint density at radius 3 is 2.39 bits per heavy atom. The van der Waals surface area contributed by atoms with E-state index in [-0.39, 0.29) is 0 Å². The first kappa shape index (κ1) is 18.6. The quantitative estimate of drug-likeness (QED) is 0.369. The van der Waals surface area contributed by atoms with Gasteiger partial charge in [-0.15, -0.1) is 0 Å². The highest BCUT2D eigenvalue weighted by molar-refractivity contribution is 6.31. The molecule has 0 spiro atoms. The Labute approximate surface area is 174 Å². The predicted octanol–water partition coefficient (Wildman–Crippen LogP) is 6.83. The average Bonchev–Trinajstić information content (AvgIpc) is 3.13. The maximum Gasteiger partial charge on any atom is 0.126 e. The molecular weight excluding hydrogens is 391 g/mol. The van der Waals surface area contributed by atoms with Crippen molar-refractivity contribution in [2.24, 2.45) is 0 Å². The predicted molar refractivity (Wildman–Crippen MR) is 116 cm³/mol. The van der Waals surface area contributed by atoms with Crippen molar-refractivity contribution < 1.29 is 4.74 Å². The van der Waals surface area contributed by atoms with Gasteiger partial charge in [0.2, 0.25) is 0 Å². The summed E-state index contributed by atoms with van der Waals surface area (Å²) in [6.07, 6.45) is 1.84. The molecule has 0 radical (unpaired) electrons. The molecule has 4 rings (SSSR count). The van der Waals surface area contributed by atoms with Crippen LogP contribution in [0.2, 0.25) is 10.0 Å². The first-order valence-electron chi connectivity index (χ1n) is 8.82. The van der Waals surface area contributed by atoms with Gasteiger partial charge in [-0.1, -0.05) is 47.5 Å². The monoisotopic (exact) mass is 408 g/mol. The van der Waals surface area contributed by atoms with Crippen LogP contribution in [0.3, 0.4) is 0 Å². The van der Waals surface area contributed by atoms with Crippen LogP contribution < -0.4 is 4.74 Å². The summed E-state index contributed by atoms with van der Waals surface area (Å²) in [4.78, 5) is 0. The third-order valence-corrected chi connectivity index (χ3v) is 5.04. The van der Waals surface area contributed by atoms with E-state index in [1.165, 1.54) is 0 Å². The van der Waals surface area contributed by atoms with E-state index in [2.05, 4.69) is 24.2 Å². The molecule has 0 saturated heterocycles. The fourth-order valence-electron chi connectivity index (χ4n) is 3.31. The van der Waals surface area contributed by atoms with Gasteiger partial charge >= 0.3 is 0 Å². The highest BCUT2D eigenvalue weighted by atomic mass is 35.5. The smallest absolute Gasteiger partial charge is 0.126 e. The molecule has 0 N–H and O–H groups in total. The molecule has 140 valence electrons. The summed E-state index contributed by atoms with van der Waals surface area (Å²) in [6.45, 7) is 2.06. The maximum atomic E-state index is 6.29. The van der Waals surface area contributed by atoms with Gasteiger partial charge in [-0.2, -0.15) is 5.10 Å². The maximum absolute atomic E-state index is 6.29. The number of hydrogen-bond donors (Lipinski definition) is 0. The van der Waals surface area contributed by atoms with E-state index in [0.29, 0.717) is 10.0 Å². The standard InChI is InChI=1S/C23H18Cl2N2O/c1-15-5-3-8-19(11-15)27-23(16-6-4-7-17(24)12-16)21(14-26-27)20-13-18(25)9-10-22(20)28-2/h3-14H,1-2H3. The van der Waals surface area contributed by atoms with Gasteiger partial charge in [0.15, 0.2) is 0 Å². The fourth-order valence-corrected chi connectivity index (χ4v) is 3.67. The molecule has 0 amide bonds. The molecule has 0 unspecified atom stereocenters. The summed E-state index contributed by atoms with van der Waals surface area (Å²) in [5, 5.41) is 5.99. The Kier molecular flexibility index (Phi) is 5.12. The molecular formula is C23H18Cl2N2O. The Bertz CT molecular complexity index is 1150. The minimum absolute atomic E-state index is 0.635. The lowest BCUT2D eigenvalue weighted by Gasteiger charge is -2.13. The molecule has 1 heterocycles. The number of hydrogen-bond acceptors (Lipinski definition) is 2. The second kappa shape index (κ2) is 7.70. The molecule has 0 atom stereocenters. The van der Waals surface area contributed by atoms with Crippen molar-refractivity contribution in [3.05, 3.63) is 88.5 Å². The van der Waals surface area contributed by atoms with Crippen LogP contribution in [0.5, 0.6) is 5.75 Å². The number of aromatic nitrogens is 2. The van der Waals surface area contributed by atoms with Gasteiger partial charge in [-0.3, -0.25) is 0 Å². The number of benzene rings is 3. The van der Waals surface area contributed by atoms with Gasteiger partial charge < -0.3 is 4.74 Å². The lowest BCUT2D eigenvalue weighted by atomic mass is 10.0. The van der Waals surface area contributed by atoms with Gasteiger partial charge in [0.05, 0.1) is 24.7 Å². The lowest BCUT2D eigenvalue weighted by molar-refractivity contribution is 0.416. The number of rotatable bonds is 4. The molecule has 0 aliphatic rings. The number of methoxy groups -OCH3 is 1. The van der Waals surface area contributed by atoms with Crippen LogP contribution >= 0.6 is 23.2 Å². The fraction of sp³-hybridized carbons (Fsp3) is 0.0870. The topological polar surface area (TPSA) is 27.1 Å². The Morgan fingerprint density at radius 2 is 1.64 bits per heavy atom. The number of aryl methyl sites for hydroxylation is 1. The van der Waals surface area contributed by atoms with Gasteiger partial charge in [0.25, 0.3) is 0 Å². The van der Waals surface area contributed by atoms with Crippen molar-refractivity contribution in [3.8, 4) is 33.8 Å². The molecule has 0 bridgehead atoms. The lowest BCUT2D eigenvalue weighted by Crippen LogP contribution is -2.00. The SMILES string of the molecule is COc1ccc(Cl)cc1-c1cnn(-c2cccc(C)c2)c1-c1cccc(Cl)c1. The molecule has 28 heavy (non-hydrogen) atoms. The van der Waals surface area contributed by atoms with Crippen molar-refractivity contribution in [1.82, 2.24) is 9.78 Å². The van der Waals surface area contributed by atoms with Crippen molar-refractivity contribution in [2.45, 2.75) is 6.92 Å². The third kappa shape index (κ3) is 3.51. The van der Waals surface area contributed by atoms with E-state index < -0.39 is 0 Å². The number of halogens is 2. The van der Waals surface area contributed by atoms with Crippen molar-refractivity contribution in [1.29, 1.82) is 0 Å². The minimum Gasteiger partial charge on any atom is -0.496 e. The summed E-state index contributed by atoms with van der Waals surface area (Å²) in [6, 6.07) is 21.5. The van der Waals surface area contributed by atoms with Crippen molar-refractivity contribution in [2.75, 3.05) is 7.11 Å². The van der Waals surface area contributed by atoms with Gasteiger partial charge in [-0.25, -0.2) is 4.68 Å². The van der Waals surface area contributed by atoms with E-state index in [1.807, 2.05) is 65.5 Å². The van der Waals surface area contributed by atoms with E-state index in [4.69, 9.17) is 27.9 Å². The normalized spacial score (nSPS) is 10.9. The highest BCUT2D eigenvalue weighted by Crippen LogP contribution is 2.40. The molecule has 3 nitrogen and oxygen atoms in total. The highest BCUT2D eigenvalue weighted by Gasteiger charge is 2.19. The van der Waals surface area contributed by atoms with Crippen molar-refractivity contribution in [3.63, 3.8) is 0 Å². The van der Waals surface area contributed by atoms with Crippen LogP contribution in [0.15, 0.2) is 72.9 Å².